The van der Waals surface area contributed by atoms with E-state index in [9.17, 15) is 0 Å². The van der Waals surface area contributed by atoms with Gasteiger partial charge in [-0.05, 0) is 19.4 Å². The van der Waals surface area contributed by atoms with E-state index >= 15 is 0 Å². The maximum absolute atomic E-state index is 5.25. The van der Waals surface area contributed by atoms with Crippen molar-refractivity contribution in [2.45, 2.75) is 18.9 Å². The lowest BCUT2D eigenvalue weighted by molar-refractivity contribution is 0.345. The van der Waals surface area contributed by atoms with Gasteiger partial charge in [-0.1, -0.05) is 5.16 Å². The molecule has 7 heteroatoms. The van der Waals surface area contributed by atoms with E-state index in [-0.39, 0.29) is 6.04 Å². The minimum atomic E-state index is 0.162. The fraction of sp³-hybridized carbons (Fsp3) is 0.455. The van der Waals surface area contributed by atoms with Crippen LogP contribution in [0.3, 0.4) is 0 Å². The lowest BCUT2D eigenvalue weighted by atomic mass is 10.2. The number of nitrogens with one attached hydrogen (secondary N) is 1. The van der Waals surface area contributed by atoms with Crippen molar-refractivity contribution in [3.8, 4) is 17.4 Å². The Bertz CT molecular complexity index is 536. The highest BCUT2D eigenvalue weighted by atomic mass is 16.5. The average molecular weight is 247 g/mol. The molecule has 0 radical (unpaired) electrons. The second kappa shape index (κ2) is 4.69. The van der Waals surface area contributed by atoms with E-state index in [0.29, 0.717) is 23.3 Å². The predicted octanol–water partition coefficient (Wildman–Crippen LogP) is 0.960. The Morgan fingerprint density at radius 1 is 1.44 bits per heavy atom. The Hall–Kier alpha value is -2.02. The molecule has 3 heterocycles. The molecule has 1 fully saturated rings. The summed E-state index contributed by atoms with van der Waals surface area (Å²) in [6.45, 7) is 0.990. The summed E-state index contributed by atoms with van der Waals surface area (Å²) in [6.07, 6.45) is 3.57. The van der Waals surface area contributed by atoms with Crippen LogP contribution in [0.25, 0.3) is 11.5 Å². The highest BCUT2D eigenvalue weighted by Crippen LogP contribution is 2.24. The normalized spacial score (nSPS) is 19.1. The molecule has 1 saturated heterocycles. The zero-order valence-corrected chi connectivity index (χ0v) is 9.96. The van der Waals surface area contributed by atoms with Crippen LogP contribution in [0.1, 0.15) is 24.8 Å². The SMILES string of the molecule is COc1cc(-c2noc([C@H]3CCCN3)n2)ncn1. The first kappa shape index (κ1) is 11.1. The quantitative estimate of drug-likeness (QED) is 0.864. The van der Waals surface area contributed by atoms with E-state index in [1.54, 1.807) is 13.2 Å². The van der Waals surface area contributed by atoms with Crippen molar-refractivity contribution < 1.29 is 9.26 Å². The molecule has 3 rings (SSSR count). The molecule has 2 aromatic heterocycles. The van der Waals surface area contributed by atoms with Crippen LogP contribution in [0.15, 0.2) is 16.9 Å². The Labute approximate surface area is 104 Å². The smallest absolute Gasteiger partial charge is 0.244 e. The molecule has 94 valence electrons. The lowest BCUT2D eigenvalue weighted by Crippen LogP contribution is -2.12. The van der Waals surface area contributed by atoms with E-state index in [1.807, 2.05) is 0 Å². The summed E-state index contributed by atoms with van der Waals surface area (Å²) in [5, 5.41) is 7.24. The molecule has 0 saturated carbocycles. The van der Waals surface area contributed by atoms with Crippen LogP contribution in [-0.2, 0) is 0 Å². The van der Waals surface area contributed by atoms with Gasteiger partial charge < -0.3 is 14.6 Å². The topological polar surface area (TPSA) is 86.0 Å². The molecule has 18 heavy (non-hydrogen) atoms. The van der Waals surface area contributed by atoms with E-state index < -0.39 is 0 Å². The Balaban J connectivity index is 1.87. The standard InChI is InChI=1S/C11H13N5O2/c1-17-9-5-8(13-6-14-9)10-15-11(18-16-10)7-3-2-4-12-7/h5-7,12H,2-4H2,1H3/t7-/m1/s1. The molecule has 1 aliphatic heterocycles. The second-order valence-electron chi connectivity index (χ2n) is 4.05. The molecule has 1 atom stereocenters. The van der Waals surface area contributed by atoms with Gasteiger partial charge in [-0.2, -0.15) is 4.98 Å². The van der Waals surface area contributed by atoms with Gasteiger partial charge in [-0.15, -0.1) is 0 Å². The number of hydrogen-bond acceptors (Lipinski definition) is 7. The molecule has 7 nitrogen and oxygen atoms in total. The van der Waals surface area contributed by atoms with E-state index in [0.717, 1.165) is 19.4 Å². The van der Waals surface area contributed by atoms with Gasteiger partial charge in [0.05, 0.1) is 13.2 Å². The molecule has 2 aromatic rings. The third kappa shape index (κ3) is 2.04. The van der Waals surface area contributed by atoms with Crippen molar-refractivity contribution in [1.82, 2.24) is 25.4 Å². The van der Waals surface area contributed by atoms with Crippen LogP contribution in [0.5, 0.6) is 5.88 Å². The highest BCUT2D eigenvalue weighted by molar-refractivity contribution is 5.49. The maximum atomic E-state index is 5.25. The third-order valence-corrected chi connectivity index (χ3v) is 2.88. The molecule has 0 spiro atoms. The fourth-order valence-corrected chi connectivity index (χ4v) is 1.95. The van der Waals surface area contributed by atoms with Crippen LogP contribution in [0.4, 0.5) is 0 Å². The van der Waals surface area contributed by atoms with Gasteiger partial charge in [-0.25, -0.2) is 9.97 Å². The summed E-state index contributed by atoms with van der Waals surface area (Å²) < 4.78 is 10.3. The van der Waals surface area contributed by atoms with Gasteiger partial charge in [0.1, 0.15) is 12.0 Å². The number of aromatic nitrogens is 4. The molecule has 0 aliphatic carbocycles. The summed E-state index contributed by atoms with van der Waals surface area (Å²) in [6, 6.07) is 1.84. The Kier molecular flexibility index (Phi) is 2.89. The monoisotopic (exact) mass is 247 g/mol. The van der Waals surface area contributed by atoms with Crippen LogP contribution >= 0.6 is 0 Å². The molecule has 1 aliphatic rings. The van der Waals surface area contributed by atoms with Gasteiger partial charge in [-0.3, -0.25) is 0 Å². The first-order valence-corrected chi connectivity index (χ1v) is 5.80. The van der Waals surface area contributed by atoms with Gasteiger partial charge in [0.15, 0.2) is 0 Å². The number of ether oxygens (including phenoxy) is 1. The number of hydrogen-bond donors (Lipinski definition) is 1. The van der Waals surface area contributed by atoms with Crippen molar-refractivity contribution in [2.24, 2.45) is 0 Å². The molecule has 0 unspecified atom stereocenters. The van der Waals surface area contributed by atoms with Crippen molar-refractivity contribution in [2.75, 3.05) is 13.7 Å². The first-order chi connectivity index (χ1) is 8.86. The Morgan fingerprint density at radius 2 is 2.39 bits per heavy atom. The average Bonchev–Trinajstić information content (AvgIpc) is 3.09. The zero-order valence-electron chi connectivity index (χ0n) is 9.96. The van der Waals surface area contributed by atoms with Crippen molar-refractivity contribution >= 4 is 0 Å². The largest absolute Gasteiger partial charge is 0.481 e. The number of nitrogens with zero attached hydrogens (tertiary/aromatic N) is 4. The third-order valence-electron chi connectivity index (χ3n) is 2.88. The second-order valence-corrected chi connectivity index (χ2v) is 4.05. The van der Waals surface area contributed by atoms with Gasteiger partial charge in [0.2, 0.25) is 17.6 Å². The molecule has 0 aromatic carbocycles. The summed E-state index contributed by atoms with van der Waals surface area (Å²) in [5.74, 6) is 1.55. The molecular weight excluding hydrogens is 234 g/mol. The molecule has 0 amide bonds. The summed E-state index contributed by atoms with van der Waals surface area (Å²) in [4.78, 5) is 12.4. The minimum Gasteiger partial charge on any atom is -0.481 e. The van der Waals surface area contributed by atoms with Crippen molar-refractivity contribution in [3.05, 3.63) is 18.3 Å². The van der Waals surface area contributed by atoms with Gasteiger partial charge in [0, 0.05) is 6.07 Å². The van der Waals surface area contributed by atoms with Gasteiger partial charge >= 0.3 is 0 Å². The van der Waals surface area contributed by atoms with Crippen molar-refractivity contribution in [3.63, 3.8) is 0 Å². The summed E-state index contributed by atoms with van der Waals surface area (Å²) in [5.41, 5.74) is 0.592. The fourth-order valence-electron chi connectivity index (χ4n) is 1.95. The summed E-state index contributed by atoms with van der Waals surface area (Å²) >= 11 is 0. The molecule has 0 bridgehead atoms. The van der Waals surface area contributed by atoms with Crippen LogP contribution < -0.4 is 10.1 Å². The van der Waals surface area contributed by atoms with Crippen molar-refractivity contribution in [1.29, 1.82) is 0 Å². The first-order valence-electron chi connectivity index (χ1n) is 5.80. The van der Waals surface area contributed by atoms with E-state index in [2.05, 4.69) is 25.4 Å². The van der Waals surface area contributed by atoms with Crippen LogP contribution in [-0.4, -0.2) is 33.8 Å². The van der Waals surface area contributed by atoms with E-state index in [1.165, 1.54) is 6.33 Å². The van der Waals surface area contributed by atoms with Gasteiger partial charge in [0.25, 0.3) is 0 Å². The number of rotatable bonds is 3. The summed E-state index contributed by atoms with van der Waals surface area (Å²) in [7, 11) is 1.55. The Morgan fingerprint density at radius 3 is 3.17 bits per heavy atom. The minimum absolute atomic E-state index is 0.162. The molecule has 1 N–H and O–H groups in total. The lowest BCUT2D eigenvalue weighted by Gasteiger charge is -2.01. The molecular formula is C11H13N5O2. The zero-order chi connectivity index (χ0) is 12.4. The maximum Gasteiger partial charge on any atom is 0.244 e. The highest BCUT2D eigenvalue weighted by Gasteiger charge is 2.23. The van der Waals surface area contributed by atoms with Crippen LogP contribution in [0.2, 0.25) is 0 Å². The van der Waals surface area contributed by atoms with E-state index in [4.69, 9.17) is 9.26 Å². The van der Waals surface area contributed by atoms with Crippen LogP contribution in [0, 0.1) is 0 Å². The number of methoxy groups -OCH3 is 1. The predicted molar refractivity (Wildman–Crippen MR) is 61.9 cm³/mol.